The van der Waals surface area contributed by atoms with Crippen LogP contribution in [0, 0.1) is 0 Å². The van der Waals surface area contributed by atoms with Crippen LogP contribution in [0.4, 0.5) is 5.69 Å². The minimum atomic E-state index is -0.0722. The lowest BCUT2D eigenvalue weighted by molar-refractivity contribution is -0.131. The Morgan fingerprint density at radius 3 is 2.78 bits per heavy atom. The molecule has 1 aromatic rings. The van der Waals surface area contributed by atoms with E-state index in [4.69, 9.17) is 0 Å². The number of carbonyl (C=O) groups is 2. The summed E-state index contributed by atoms with van der Waals surface area (Å²) in [6, 6.07) is 5.80. The number of likely N-dealkylation sites (tertiary alicyclic amines) is 1. The zero-order chi connectivity index (χ0) is 16.1. The van der Waals surface area contributed by atoms with Crippen LogP contribution in [0.3, 0.4) is 0 Å². The Balaban J connectivity index is 1.52. The van der Waals surface area contributed by atoms with E-state index >= 15 is 0 Å². The molecule has 0 spiro atoms. The Morgan fingerprint density at radius 1 is 1.13 bits per heavy atom. The van der Waals surface area contributed by atoms with Gasteiger partial charge in [-0.3, -0.25) is 9.59 Å². The lowest BCUT2D eigenvalue weighted by atomic mass is 9.97. The second kappa shape index (κ2) is 7.49. The molecule has 5 heteroatoms. The van der Waals surface area contributed by atoms with E-state index in [2.05, 4.69) is 10.6 Å². The topological polar surface area (TPSA) is 61.4 Å². The second-order valence-corrected chi connectivity index (χ2v) is 6.31. The van der Waals surface area contributed by atoms with E-state index in [-0.39, 0.29) is 11.8 Å². The van der Waals surface area contributed by atoms with E-state index in [1.54, 1.807) is 0 Å². The van der Waals surface area contributed by atoms with E-state index in [0.717, 1.165) is 62.1 Å². The molecule has 2 heterocycles. The first kappa shape index (κ1) is 15.8. The summed E-state index contributed by atoms with van der Waals surface area (Å²) in [6.07, 6.45) is 5.78. The van der Waals surface area contributed by atoms with Gasteiger partial charge in [-0.05, 0) is 49.8 Å². The standard InChI is InChI=1S/C18H25N3O2/c22-17(21-12-2-1-3-13-21)9-11-20-18(23)15-6-4-8-16-14(15)7-5-10-19-16/h4,6,8,19H,1-3,5,7,9-13H2,(H,20,23). The van der Waals surface area contributed by atoms with Gasteiger partial charge in [0.2, 0.25) is 5.91 Å². The maximum absolute atomic E-state index is 12.4. The highest BCUT2D eigenvalue weighted by molar-refractivity contribution is 5.97. The molecule has 0 atom stereocenters. The number of carbonyl (C=O) groups excluding carboxylic acids is 2. The summed E-state index contributed by atoms with van der Waals surface area (Å²) in [7, 11) is 0. The third kappa shape index (κ3) is 3.84. The molecule has 5 nitrogen and oxygen atoms in total. The summed E-state index contributed by atoms with van der Waals surface area (Å²) < 4.78 is 0. The zero-order valence-electron chi connectivity index (χ0n) is 13.6. The first-order valence-corrected chi connectivity index (χ1v) is 8.67. The summed E-state index contributed by atoms with van der Waals surface area (Å²) in [5.74, 6) is 0.0822. The predicted molar refractivity (Wildman–Crippen MR) is 90.6 cm³/mol. The van der Waals surface area contributed by atoms with E-state index in [0.29, 0.717) is 13.0 Å². The number of amides is 2. The molecule has 1 fully saturated rings. The number of piperidine rings is 1. The Labute approximate surface area is 137 Å². The van der Waals surface area contributed by atoms with Crippen LogP contribution in [-0.4, -0.2) is 42.9 Å². The molecule has 124 valence electrons. The van der Waals surface area contributed by atoms with Crippen molar-refractivity contribution in [1.29, 1.82) is 0 Å². The van der Waals surface area contributed by atoms with Gasteiger partial charge in [0.1, 0.15) is 0 Å². The molecule has 2 aliphatic heterocycles. The van der Waals surface area contributed by atoms with Crippen molar-refractivity contribution in [3.8, 4) is 0 Å². The fourth-order valence-corrected chi connectivity index (χ4v) is 3.40. The molecule has 0 bridgehead atoms. The molecule has 1 saturated heterocycles. The molecule has 0 aromatic heterocycles. The van der Waals surface area contributed by atoms with Crippen molar-refractivity contribution in [1.82, 2.24) is 10.2 Å². The third-order valence-corrected chi connectivity index (χ3v) is 4.67. The normalized spacial score (nSPS) is 17.1. The van der Waals surface area contributed by atoms with Gasteiger partial charge < -0.3 is 15.5 Å². The molecule has 2 amide bonds. The average molecular weight is 315 g/mol. The van der Waals surface area contributed by atoms with Gasteiger partial charge in [-0.2, -0.15) is 0 Å². The van der Waals surface area contributed by atoms with Crippen molar-refractivity contribution in [2.45, 2.75) is 38.5 Å². The van der Waals surface area contributed by atoms with Gasteiger partial charge in [-0.15, -0.1) is 0 Å². The van der Waals surface area contributed by atoms with Gasteiger partial charge in [0.15, 0.2) is 0 Å². The van der Waals surface area contributed by atoms with Crippen molar-refractivity contribution in [2.75, 3.05) is 31.5 Å². The lowest BCUT2D eigenvalue weighted by Gasteiger charge is -2.26. The van der Waals surface area contributed by atoms with Crippen molar-refractivity contribution >= 4 is 17.5 Å². The van der Waals surface area contributed by atoms with Crippen LogP contribution in [0.2, 0.25) is 0 Å². The first-order valence-electron chi connectivity index (χ1n) is 8.67. The molecule has 2 aliphatic rings. The fraction of sp³-hybridized carbons (Fsp3) is 0.556. The lowest BCUT2D eigenvalue weighted by Crippen LogP contribution is -2.38. The Kier molecular flexibility index (Phi) is 5.16. The van der Waals surface area contributed by atoms with Crippen LogP contribution < -0.4 is 10.6 Å². The van der Waals surface area contributed by atoms with Crippen LogP contribution >= 0.6 is 0 Å². The zero-order valence-corrected chi connectivity index (χ0v) is 13.6. The molecular weight excluding hydrogens is 290 g/mol. The van der Waals surface area contributed by atoms with E-state index in [9.17, 15) is 9.59 Å². The molecule has 2 N–H and O–H groups in total. The SMILES string of the molecule is O=C(NCCC(=O)N1CCCCC1)c1cccc2c1CCCN2. The molecule has 3 rings (SSSR count). The first-order chi connectivity index (χ1) is 11.3. The molecule has 1 aromatic carbocycles. The van der Waals surface area contributed by atoms with Crippen LogP contribution in [-0.2, 0) is 11.2 Å². The third-order valence-electron chi connectivity index (χ3n) is 4.67. The summed E-state index contributed by atoms with van der Waals surface area (Å²) in [6.45, 7) is 3.10. The van der Waals surface area contributed by atoms with Gasteiger partial charge in [-0.1, -0.05) is 6.07 Å². The van der Waals surface area contributed by atoms with Crippen LogP contribution in [0.25, 0.3) is 0 Å². The van der Waals surface area contributed by atoms with Crippen molar-refractivity contribution in [3.05, 3.63) is 29.3 Å². The Bertz CT molecular complexity index is 580. The van der Waals surface area contributed by atoms with Gasteiger partial charge in [0.05, 0.1) is 0 Å². The average Bonchev–Trinajstić information content (AvgIpc) is 2.61. The molecule has 23 heavy (non-hydrogen) atoms. The molecule has 0 radical (unpaired) electrons. The van der Waals surface area contributed by atoms with Crippen LogP contribution in [0.1, 0.15) is 48.0 Å². The number of hydrogen-bond donors (Lipinski definition) is 2. The summed E-state index contributed by atoms with van der Waals surface area (Å²) >= 11 is 0. The smallest absolute Gasteiger partial charge is 0.251 e. The quantitative estimate of drug-likeness (QED) is 0.895. The highest BCUT2D eigenvalue weighted by Gasteiger charge is 2.19. The maximum atomic E-state index is 12.4. The largest absolute Gasteiger partial charge is 0.385 e. The number of anilines is 1. The number of fused-ring (bicyclic) bond motifs is 1. The van der Waals surface area contributed by atoms with E-state index in [1.165, 1.54) is 6.42 Å². The Hall–Kier alpha value is -2.04. The van der Waals surface area contributed by atoms with Crippen LogP contribution in [0.5, 0.6) is 0 Å². The summed E-state index contributed by atoms with van der Waals surface area (Å²) in [5.41, 5.74) is 2.90. The van der Waals surface area contributed by atoms with Crippen molar-refractivity contribution in [3.63, 3.8) is 0 Å². The van der Waals surface area contributed by atoms with Gasteiger partial charge in [0, 0.05) is 43.9 Å². The molecule has 0 saturated carbocycles. The Morgan fingerprint density at radius 2 is 1.96 bits per heavy atom. The van der Waals surface area contributed by atoms with E-state index < -0.39 is 0 Å². The van der Waals surface area contributed by atoms with E-state index in [1.807, 2.05) is 23.1 Å². The van der Waals surface area contributed by atoms with Gasteiger partial charge in [0.25, 0.3) is 5.91 Å². The fourth-order valence-electron chi connectivity index (χ4n) is 3.40. The number of nitrogens with zero attached hydrogens (tertiary/aromatic N) is 1. The van der Waals surface area contributed by atoms with Crippen molar-refractivity contribution < 1.29 is 9.59 Å². The minimum Gasteiger partial charge on any atom is -0.385 e. The molecular formula is C18H25N3O2. The number of rotatable bonds is 4. The predicted octanol–water partition coefficient (Wildman–Crippen LogP) is 2.18. The molecule has 0 unspecified atom stereocenters. The highest BCUT2D eigenvalue weighted by atomic mass is 16.2. The van der Waals surface area contributed by atoms with Crippen molar-refractivity contribution in [2.24, 2.45) is 0 Å². The number of benzene rings is 1. The highest BCUT2D eigenvalue weighted by Crippen LogP contribution is 2.25. The number of hydrogen-bond acceptors (Lipinski definition) is 3. The second-order valence-electron chi connectivity index (χ2n) is 6.31. The van der Waals surface area contributed by atoms with Crippen LogP contribution in [0.15, 0.2) is 18.2 Å². The molecule has 0 aliphatic carbocycles. The summed E-state index contributed by atoms with van der Waals surface area (Å²) in [4.78, 5) is 26.4. The minimum absolute atomic E-state index is 0.0722. The maximum Gasteiger partial charge on any atom is 0.251 e. The monoisotopic (exact) mass is 315 g/mol. The van der Waals surface area contributed by atoms with Gasteiger partial charge >= 0.3 is 0 Å². The summed E-state index contributed by atoms with van der Waals surface area (Å²) in [5, 5.41) is 6.24. The van der Waals surface area contributed by atoms with Gasteiger partial charge in [-0.25, -0.2) is 0 Å². The number of nitrogens with one attached hydrogen (secondary N) is 2.